The van der Waals surface area contributed by atoms with E-state index in [9.17, 15) is 4.79 Å². The lowest BCUT2D eigenvalue weighted by molar-refractivity contribution is -0.122. The molecule has 0 rings (SSSR count). The molecule has 0 aromatic heterocycles. The molecule has 2 atom stereocenters. The Morgan fingerprint density at radius 3 is 2.19 bits per heavy atom. The summed E-state index contributed by atoms with van der Waals surface area (Å²) in [5.74, 6) is 0.118. The molecule has 0 saturated heterocycles. The third-order valence-corrected chi connectivity index (χ3v) is 3.62. The van der Waals surface area contributed by atoms with Gasteiger partial charge in [0.05, 0.1) is 0 Å². The van der Waals surface area contributed by atoms with Crippen LogP contribution in [0.5, 0.6) is 0 Å². The van der Waals surface area contributed by atoms with Crippen LogP contribution < -0.4 is 10.4 Å². The van der Waals surface area contributed by atoms with Crippen LogP contribution in [0, 0.1) is 5.41 Å². The highest BCUT2D eigenvalue weighted by Gasteiger charge is 2.33. The Bertz CT molecular complexity index is 239. The van der Waals surface area contributed by atoms with E-state index < -0.39 is 0 Å². The zero-order valence-corrected chi connectivity index (χ0v) is 12.6. The molecule has 0 aliphatic rings. The van der Waals surface area contributed by atoms with Gasteiger partial charge < -0.3 is 5.32 Å². The van der Waals surface area contributed by atoms with Gasteiger partial charge in [-0.2, -0.15) is 0 Å². The van der Waals surface area contributed by atoms with E-state index in [2.05, 4.69) is 54.4 Å². The van der Waals surface area contributed by atoms with Crippen molar-refractivity contribution >= 4 is 15.3 Å². The molecule has 0 aliphatic carbocycles. The van der Waals surface area contributed by atoms with Crippen LogP contribution in [-0.2, 0) is 4.79 Å². The van der Waals surface area contributed by atoms with Crippen LogP contribution >= 0.6 is 9.39 Å². The van der Waals surface area contributed by atoms with Crippen molar-refractivity contribution in [3.05, 3.63) is 0 Å². The van der Waals surface area contributed by atoms with Crippen LogP contribution in [0.4, 0.5) is 0 Å². The molecule has 0 heterocycles. The van der Waals surface area contributed by atoms with Gasteiger partial charge in [-0.25, -0.2) is 0 Å². The van der Waals surface area contributed by atoms with E-state index in [1.807, 2.05) is 6.92 Å². The van der Waals surface area contributed by atoms with E-state index in [0.717, 1.165) is 6.42 Å². The Kier molecular flexibility index (Phi) is 5.92. The Morgan fingerprint density at radius 1 is 1.31 bits per heavy atom. The SMILES string of the molecule is CCC(=O)NC(C)(C)CC(C)(C)C(C)NP. The van der Waals surface area contributed by atoms with Gasteiger partial charge in [-0.1, -0.05) is 30.2 Å². The molecule has 3 nitrogen and oxygen atoms in total. The molecule has 0 saturated carbocycles. The third-order valence-electron chi connectivity index (χ3n) is 3.12. The number of carbonyl (C=O) groups excluding carboxylic acids is 1. The lowest BCUT2D eigenvalue weighted by atomic mass is 9.75. The number of nitrogens with one attached hydrogen (secondary N) is 2. The Hall–Kier alpha value is -0.140. The fourth-order valence-corrected chi connectivity index (χ4v) is 2.48. The van der Waals surface area contributed by atoms with Crippen molar-refractivity contribution in [2.75, 3.05) is 0 Å². The molecule has 96 valence electrons. The summed E-state index contributed by atoms with van der Waals surface area (Å²) in [5.41, 5.74) is -0.0291. The summed E-state index contributed by atoms with van der Waals surface area (Å²) in [6, 6.07) is 0.385. The summed E-state index contributed by atoms with van der Waals surface area (Å²) in [5, 5.41) is 6.27. The van der Waals surface area contributed by atoms with E-state index in [1.54, 1.807) is 0 Å². The molecule has 1 amide bonds. The summed E-state index contributed by atoms with van der Waals surface area (Å²) in [4.78, 5) is 11.4. The van der Waals surface area contributed by atoms with Gasteiger partial charge in [-0.05, 0) is 32.6 Å². The second kappa shape index (κ2) is 5.97. The highest BCUT2D eigenvalue weighted by Crippen LogP contribution is 2.31. The number of rotatable bonds is 6. The first-order chi connectivity index (χ1) is 7.14. The molecule has 2 N–H and O–H groups in total. The first-order valence-electron chi connectivity index (χ1n) is 5.92. The minimum atomic E-state index is -0.160. The van der Waals surface area contributed by atoms with Gasteiger partial charge in [-0.15, -0.1) is 0 Å². The van der Waals surface area contributed by atoms with Crippen LogP contribution in [0.15, 0.2) is 0 Å². The molecule has 0 spiro atoms. The molecule has 0 radical (unpaired) electrons. The van der Waals surface area contributed by atoms with Crippen LogP contribution in [0.3, 0.4) is 0 Å². The fraction of sp³-hybridized carbons (Fsp3) is 0.917. The van der Waals surface area contributed by atoms with Gasteiger partial charge in [0.1, 0.15) is 0 Å². The monoisotopic (exact) mass is 246 g/mol. The van der Waals surface area contributed by atoms with Crippen LogP contribution in [-0.4, -0.2) is 17.5 Å². The topological polar surface area (TPSA) is 41.1 Å². The van der Waals surface area contributed by atoms with Crippen molar-refractivity contribution in [3.8, 4) is 0 Å². The van der Waals surface area contributed by atoms with Crippen molar-refractivity contribution < 1.29 is 4.79 Å². The molecule has 0 aliphatic heterocycles. The summed E-state index contributed by atoms with van der Waals surface area (Å²) < 4.78 is 0. The van der Waals surface area contributed by atoms with Crippen LogP contribution in [0.1, 0.15) is 54.4 Å². The molecule has 0 aromatic rings. The lowest BCUT2D eigenvalue weighted by Crippen LogP contribution is -2.49. The minimum Gasteiger partial charge on any atom is -0.351 e. The van der Waals surface area contributed by atoms with Gasteiger partial charge in [0.2, 0.25) is 5.91 Å². The quantitative estimate of drug-likeness (QED) is 0.707. The molecular weight excluding hydrogens is 219 g/mol. The van der Waals surface area contributed by atoms with Gasteiger partial charge in [-0.3, -0.25) is 9.88 Å². The molecule has 0 bridgehead atoms. The van der Waals surface area contributed by atoms with E-state index in [-0.39, 0.29) is 16.9 Å². The summed E-state index contributed by atoms with van der Waals surface area (Å²) >= 11 is 0. The Morgan fingerprint density at radius 2 is 1.81 bits per heavy atom. The number of hydrogen-bond donors (Lipinski definition) is 2. The maximum Gasteiger partial charge on any atom is 0.220 e. The zero-order chi connectivity index (χ0) is 13.0. The van der Waals surface area contributed by atoms with Gasteiger partial charge in [0, 0.05) is 18.0 Å². The predicted molar refractivity (Wildman–Crippen MR) is 73.2 cm³/mol. The van der Waals surface area contributed by atoms with Crippen LogP contribution in [0.25, 0.3) is 0 Å². The summed E-state index contributed by atoms with van der Waals surface area (Å²) in [6.45, 7) is 12.6. The predicted octanol–water partition coefficient (Wildman–Crippen LogP) is 2.48. The molecule has 4 heteroatoms. The second-order valence-corrected chi connectivity index (χ2v) is 6.17. The first kappa shape index (κ1) is 15.9. The number of carbonyl (C=O) groups is 1. The maximum atomic E-state index is 11.4. The minimum absolute atomic E-state index is 0.118. The van der Waals surface area contributed by atoms with Crippen molar-refractivity contribution in [3.63, 3.8) is 0 Å². The van der Waals surface area contributed by atoms with Crippen LogP contribution in [0.2, 0.25) is 0 Å². The third kappa shape index (κ3) is 5.27. The highest BCUT2D eigenvalue weighted by molar-refractivity contribution is 7.13. The Labute approximate surface area is 102 Å². The number of amides is 1. The van der Waals surface area contributed by atoms with Gasteiger partial charge >= 0.3 is 0 Å². The second-order valence-electron chi connectivity index (χ2n) is 5.84. The number of hydrogen-bond acceptors (Lipinski definition) is 2. The van der Waals surface area contributed by atoms with Crippen molar-refractivity contribution in [2.24, 2.45) is 5.41 Å². The molecule has 2 unspecified atom stereocenters. The zero-order valence-electron chi connectivity index (χ0n) is 11.5. The summed E-state index contributed by atoms with van der Waals surface area (Å²) in [6.07, 6.45) is 1.48. The normalized spacial score (nSPS) is 14.7. The van der Waals surface area contributed by atoms with Crippen molar-refractivity contribution in [1.29, 1.82) is 0 Å². The average Bonchev–Trinajstić information content (AvgIpc) is 2.13. The fourth-order valence-electron chi connectivity index (χ4n) is 2.03. The van der Waals surface area contributed by atoms with E-state index in [0.29, 0.717) is 12.5 Å². The smallest absolute Gasteiger partial charge is 0.220 e. The standard InChI is InChI=1S/C12H27N2OP/c1-7-10(15)13-12(5,6)8-11(3,4)9(2)14-16/h9,14H,7-8,16H2,1-6H3,(H,13,15). The lowest BCUT2D eigenvalue weighted by Gasteiger charge is -2.39. The van der Waals surface area contributed by atoms with E-state index in [4.69, 9.17) is 0 Å². The van der Waals surface area contributed by atoms with Gasteiger partial charge in [0.25, 0.3) is 0 Å². The average molecular weight is 246 g/mol. The summed E-state index contributed by atoms with van der Waals surface area (Å²) in [7, 11) is 2.56. The largest absolute Gasteiger partial charge is 0.351 e. The molecule has 16 heavy (non-hydrogen) atoms. The van der Waals surface area contributed by atoms with Gasteiger partial charge in [0.15, 0.2) is 0 Å². The van der Waals surface area contributed by atoms with Crippen molar-refractivity contribution in [1.82, 2.24) is 10.4 Å². The van der Waals surface area contributed by atoms with E-state index >= 15 is 0 Å². The Balaban J connectivity index is 4.50. The highest BCUT2D eigenvalue weighted by atomic mass is 31.0. The molecular formula is C12H27N2OP. The van der Waals surface area contributed by atoms with Crippen molar-refractivity contribution in [2.45, 2.75) is 66.0 Å². The maximum absolute atomic E-state index is 11.4. The van der Waals surface area contributed by atoms with E-state index in [1.165, 1.54) is 0 Å². The molecule has 0 aromatic carbocycles. The first-order valence-corrected chi connectivity index (χ1v) is 6.49. The molecule has 0 fully saturated rings.